The van der Waals surface area contributed by atoms with E-state index >= 15 is 0 Å². The fourth-order valence-electron chi connectivity index (χ4n) is 2.22. The lowest BCUT2D eigenvalue weighted by molar-refractivity contribution is 0.269. The fraction of sp³-hybridized carbons (Fsp3) is 0.462. The predicted molar refractivity (Wildman–Crippen MR) is 66.1 cm³/mol. The van der Waals surface area contributed by atoms with Gasteiger partial charge in [-0.05, 0) is 43.9 Å². The topological polar surface area (TPSA) is 61.8 Å². The molecule has 0 atom stereocenters. The zero-order valence-corrected chi connectivity index (χ0v) is 9.59. The Hall–Kier alpha value is -1.69. The number of nitrogens with one attached hydrogen (secondary N) is 1. The zero-order valence-electron chi connectivity index (χ0n) is 9.59. The van der Waals surface area contributed by atoms with Crippen molar-refractivity contribution in [3.63, 3.8) is 0 Å². The molecular formula is C13H17N3. The van der Waals surface area contributed by atoms with E-state index in [-0.39, 0.29) is 5.54 Å². The predicted octanol–water partition coefficient (Wildman–Crippen LogP) is 2.89. The van der Waals surface area contributed by atoms with Crippen LogP contribution in [0.2, 0.25) is 0 Å². The van der Waals surface area contributed by atoms with Crippen molar-refractivity contribution >= 4 is 11.4 Å². The van der Waals surface area contributed by atoms with E-state index in [4.69, 9.17) is 11.0 Å². The highest BCUT2D eigenvalue weighted by molar-refractivity contribution is 5.64. The lowest BCUT2D eigenvalue weighted by Crippen LogP contribution is -2.44. The SMILES string of the molecule is CCC1(Nc2ccc(N)cc2C#N)CCC1. The summed E-state index contributed by atoms with van der Waals surface area (Å²) in [5, 5.41) is 12.6. The molecule has 0 saturated heterocycles. The summed E-state index contributed by atoms with van der Waals surface area (Å²) < 4.78 is 0. The van der Waals surface area contributed by atoms with Crippen molar-refractivity contribution in [3.8, 4) is 6.07 Å². The van der Waals surface area contributed by atoms with Gasteiger partial charge < -0.3 is 11.1 Å². The maximum Gasteiger partial charge on any atom is 0.101 e. The van der Waals surface area contributed by atoms with E-state index < -0.39 is 0 Å². The molecule has 3 nitrogen and oxygen atoms in total. The van der Waals surface area contributed by atoms with Crippen molar-refractivity contribution < 1.29 is 0 Å². The maximum atomic E-state index is 9.06. The van der Waals surface area contributed by atoms with Gasteiger partial charge in [-0.3, -0.25) is 0 Å². The van der Waals surface area contributed by atoms with E-state index in [0.29, 0.717) is 11.3 Å². The van der Waals surface area contributed by atoms with Crippen LogP contribution in [0.3, 0.4) is 0 Å². The molecule has 0 unspecified atom stereocenters. The molecule has 3 heteroatoms. The van der Waals surface area contributed by atoms with Gasteiger partial charge in [0.25, 0.3) is 0 Å². The molecule has 0 radical (unpaired) electrons. The van der Waals surface area contributed by atoms with Gasteiger partial charge in [0.05, 0.1) is 11.3 Å². The minimum atomic E-state index is 0.210. The van der Waals surface area contributed by atoms with Gasteiger partial charge in [-0.1, -0.05) is 6.92 Å². The molecule has 1 fully saturated rings. The number of hydrogen-bond donors (Lipinski definition) is 2. The maximum absolute atomic E-state index is 9.06. The summed E-state index contributed by atoms with van der Waals surface area (Å²) in [4.78, 5) is 0. The normalized spacial score (nSPS) is 17.2. The monoisotopic (exact) mass is 215 g/mol. The summed E-state index contributed by atoms with van der Waals surface area (Å²) in [7, 11) is 0. The van der Waals surface area contributed by atoms with Crippen LogP contribution in [0.4, 0.5) is 11.4 Å². The van der Waals surface area contributed by atoms with Crippen molar-refractivity contribution in [1.29, 1.82) is 5.26 Å². The van der Waals surface area contributed by atoms with Crippen molar-refractivity contribution in [2.75, 3.05) is 11.1 Å². The summed E-state index contributed by atoms with van der Waals surface area (Å²) in [6.07, 6.45) is 4.76. The van der Waals surface area contributed by atoms with Crippen LogP contribution in [-0.4, -0.2) is 5.54 Å². The molecule has 3 N–H and O–H groups in total. The average molecular weight is 215 g/mol. The Labute approximate surface area is 96.3 Å². The molecule has 0 heterocycles. The van der Waals surface area contributed by atoms with Crippen LogP contribution in [0.15, 0.2) is 18.2 Å². The third-order valence-electron chi connectivity index (χ3n) is 3.55. The molecule has 0 amide bonds. The van der Waals surface area contributed by atoms with E-state index in [1.165, 1.54) is 19.3 Å². The first-order valence-electron chi connectivity index (χ1n) is 5.77. The molecule has 2 rings (SSSR count). The van der Waals surface area contributed by atoms with E-state index in [2.05, 4.69) is 18.3 Å². The lowest BCUT2D eigenvalue weighted by Gasteiger charge is -2.43. The van der Waals surface area contributed by atoms with Crippen LogP contribution in [0.25, 0.3) is 0 Å². The highest BCUT2D eigenvalue weighted by Crippen LogP contribution is 2.38. The molecular weight excluding hydrogens is 198 g/mol. The van der Waals surface area contributed by atoms with Gasteiger partial charge in [-0.25, -0.2) is 0 Å². The van der Waals surface area contributed by atoms with Gasteiger partial charge in [0.1, 0.15) is 6.07 Å². The number of anilines is 2. The molecule has 16 heavy (non-hydrogen) atoms. The third kappa shape index (κ3) is 1.83. The van der Waals surface area contributed by atoms with Crippen LogP contribution in [0.1, 0.15) is 38.2 Å². The fourth-order valence-corrected chi connectivity index (χ4v) is 2.22. The quantitative estimate of drug-likeness (QED) is 0.762. The number of benzene rings is 1. The smallest absolute Gasteiger partial charge is 0.101 e. The second-order valence-corrected chi connectivity index (χ2v) is 4.53. The van der Waals surface area contributed by atoms with Gasteiger partial charge in [0.15, 0.2) is 0 Å². The van der Waals surface area contributed by atoms with Crippen molar-refractivity contribution in [3.05, 3.63) is 23.8 Å². The molecule has 1 aromatic rings. The third-order valence-corrected chi connectivity index (χ3v) is 3.55. The van der Waals surface area contributed by atoms with Crippen molar-refractivity contribution in [2.24, 2.45) is 0 Å². The van der Waals surface area contributed by atoms with Gasteiger partial charge in [0, 0.05) is 11.2 Å². The summed E-state index contributed by atoms with van der Waals surface area (Å²) >= 11 is 0. The molecule has 0 spiro atoms. The highest BCUT2D eigenvalue weighted by Gasteiger charge is 2.35. The molecule has 0 aromatic heterocycles. The number of nitrogens with two attached hydrogens (primary N) is 1. The first-order chi connectivity index (χ1) is 7.69. The second kappa shape index (κ2) is 4.05. The van der Waals surface area contributed by atoms with Crippen LogP contribution in [-0.2, 0) is 0 Å². The minimum Gasteiger partial charge on any atom is -0.399 e. The van der Waals surface area contributed by atoms with Crippen LogP contribution >= 0.6 is 0 Å². The van der Waals surface area contributed by atoms with Crippen LogP contribution in [0.5, 0.6) is 0 Å². The zero-order chi connectivity index (χ0) is 11.6. The van der Waals surface area contributed by atoms with Gasteiger partial charge in [0.2, 0.25) is 0 Å². The molecule has 84 valence electrons. The summed E-state index contributed by atoms with van der Waals surface area (Å²) in [5.41, 5.74) is 8.07. The number of rotatable bonds is 3. The van der Waals surface area contributed by atoms with E-state index in [1.807, 2.05) is 12.1 Å². The molecule has 1 aliphatic carbocycles. The number of nitrogen functional groups attached to an aromatic ring is 1. The summed E-state index contributed by atoms with van der Waals surface area (Å²) in [6, 6.07) is 7.66. The Morgan fingerprint density at radius 1 is 1.50 bits per heavy atom. The van der Waals surface area contributed by atoms with Crippen LogP contribution in [0, 0.1) is 11.3 Å². The van der Waals surface area contributed by atoms with Crippen molar-refractivity contribution in [1.82, 2.24) is 0 Å². The van der Waals surface area contributed by atoms with E-state index in [1.54, 1.807) is 6.07 Å². The summed E-state index contributed by atoms with van der Waals surface area (Å²) in [6.45, 7) is 2.19. The Bertz CT molecular complexity index is 422. The molecule has 1 aromatic carbocycles. The minimum absolute atomic E-state index is 0.210. The molecule has 0 bridgehead atoms. The van der Waals surface area contributed by atoms with Gasteiger partial charge in [-0.2, -0.15) is 5.26 Å². The Morgan fingerprint density at radius 3 is 2.75 bits per heavy atom. The summed E-state index contributed by atoms with van der Waals surface area (Å²) in [5.74, 6) is 0. The molecule has 0 aliphatic heterocycles. The van der Waals surface area contributed by atoms with E-state index in [9.17, 15) is 0 Å². The largest absolute Gasteiger partial charge is 0.399 e. The standard InChI is InChI=1S/C13H17N3/c1-2-13(6-3-7-13)16-12-5-4-11(15)8-10(12)9-14/h4-5,8,16H,2-3,6-7,15H2,1H3. The van der Waals surface area contributed by atoms with E-state index in [0.717, 1.165) is 12.1 Å². The number of nitriles is 1. The van der Waals surface area contributed by atoms with Crippen molar-refractivity contribution in [2.45, 2.75) is 38.1 Å². The molecule has 1 saturated carbocycles. The number of hydrogen-bond acceptors (Lipinski definition) is 3. The lowest BCUT2D eigenvalue weighted by atomic mass is 9.74. The van der Waals surface area contributed by atoms with Gasteiger partial charge in [-0.15, -0.1) is 0 Å². The second-order valence-electron chi connectivity index (χ2n) is 4.53. The highest BCUT2D eigenvalue weighted by atomic mass is 15.0. The Morgan fingerprint density at radius 2 is 2.25 bits per heavy atom. The molecule has 1 aliphatic rings. The first kappa shape index (κ1) is 10.8. The number of nitrogens with zero attached hydrogens (tertiary/aromatic N) is 1. The van der Waals surface area contributed by atoms with Crippen LogP contribution < -0.4 is 11.1 Å². The average Bonchev–Trinajstić information content (AvgIpc) is 2.25. The first-order valence-corrected chi connectivity index (χ1v) is 5.77. The Balaban J connectivity index is 2.24. The Kier molecular flexibility index (Phi) is 2.74. The van der Waals surface area contributed by atoms with Gasteiger partial charge >= 0.3 is 0 Å².